The topological polar surface area (TPSA) is 50.7 Å². The average molecular weight is 313 g/mol. The minimum atomic E-state index is -0.534. The Morgan fingerprint density at radius 2 is 1.64 bits per heavy atom. The minimum absolute atomic E-state index is 0. The van der Waals surface area contributed by atoms with Gasteiger partial charge in [-0.05, 0) is 12.1 Å². The standard InChI is InChI=1S/C17H23NO3.Na.H/c1-12(2)18-10-13(19)11-21-17-9-5-6-14-15(17)7-4-8-16(14)20-3;;/h4-9,12-13,18-19H,10-11H2,1-3H3;;. The van der Waals surface area contributed by atoms with Gasteiger partial charge in [0, 0.05) is 23.4 Å². The van der Waals surface area contributed by atoms with Crippen LogP contribution in [-0.2, 0) is 0 Å². The molecule has 0 heterocycles. The molecule has 0 spiro atoms. The fourth-order valence-electron chi connectivity index (χ4n) is 2.17. The van der Waals surface area contributed by atoms with Crippen LogP contribution in [0.5, 0.6) is 11.5 Å². The second-order valence-corrected chi connectivity index (χ2v) is 5.34. The van der Waals surface area contributed by atoms with Gasteiger partial charge in [-0.1, -0.05) is 38.1 Å². The van der Waals surface area contributed by atoms with Gasteiger partial charge in [0.25, 0.3) is 0 Å². The van der Waals surface area contributed by atoms with Crippen molar-refractivity contribution in [2.75, 3.05) is 20.3 Å². The molecule has 0 amide bonds. The van der Waals surface area contributed by atoms with Crippen molar-refractivity contribution in [3.05, 3.63) is 36.4 Å². The van der Waals surface area contributed by atoms with Crippen molar-refractivity contribution < 1.29 is 14.6 Å². The van der Waals surface area contributed by atoms with Crippen molar-refractivity contribution >= 4 is 40.3 Å². The van der Waals surface area contributed by atoms with Gasteiger partial charge in [0.1, 0.15) is 24.2 Å². The first-order valence-corrected chi connectivity index (χ1v) is 7.21. The van der Waals surface area contributed by atoms with Crippen molar-refractivity contribution in [1.29, 1.82) is 0 Å². The monoisotopic (exact) mass is 313 g/mol. The predicted octanol–water partition coefficient (Wildman–Crippen LogP) is 1.94. The summed E-state index contributed by atoms with van der Waals surface area (Å²) >= 11 is 0. The predicted molar refractivity (Wildman–Crippen MR) is 92.3 cm³/mol. The second-order valence-electron chi connectivity index (χ2n) is 5.34. The molecule has 1 atom stereocenters. The summed E-state index contributed by atoms with van der Waals surface area (Å²) in [6.07, 6.45) is -0.534. The molecular formula is C17H24NNaO3. The first-order chi connectivity index (χ1) is 10.1. The number of fused-ring (bicyclic) bond motifs is 1. The molecule has 2 N–H and O–H groups in total. The Morgan fingerprint density at radius 1 is 1.05 bits per heavy atom. The molecule has 0 radical (unpaired) electrons. The van der Waals surface area contributed by atoms with Crippen LogP contribution in [0.4, 0.5) is 0 Å². The molecule has 0 aliphatic carbocycles. The number of ether oxygens (including phenoxy) is 2. The number of methoxy groups -OCH3 is 1. The second kappa shape index (κ2) is 9.38. The molecule has 116 valence electrons. The van der Waals surface area contributed by atoms with E-state index in [-0.39, 0.29) is 36.2 Å². The van der Waals surface area contributed by atoms with E-state index in [0.29, 0.717) is 12.6 Å². The summed E-state index contributed by atoms with van der Waals surface area (Å²) in [5.74, 6) is 1.58. The zero-order valence-corrected chi connectivity index (χ0v) is 12.8. The number of hydrogen-bond donors (Lipinski definition) is 2. The van der Waals surface area contributed by atoms with E-state index in [1.165, 1.54) is 0 Å². The van der Waals surface area contributed by atoms with Crippen molar-refractivity contribution in [1.82, 2.24) is 5.32 Å². The van der Waals surface area contributed by atoms with Crippen LogP contribution in [0.1, 0.15) is 13.8 Å². The Balaban J connectivity index is 0.00000242. The number of benzene rings is 2. The summed E-state index contributed by atoms with van der Waals surface area (Å²) in [7, 11) is 1.66. The Morgan fingerprint density at radius 3 is 2.23 bits per heavy atom. The number of rotatable bonds is 7. The molecule has 0 aliphatic heterocycles. The fourth-order valence-corrected chi connectivity index (χ4v) is 2.17. The summed E-state index contributed by atoms with van der Waals surface area (Å²) in [6.45, 7) is 4.87. The summed E-state index contributed by atoms with van der Waals surface area (Å²) in [6, 6.07) is 12.0. The molecule has 22 heavy (non-hydrogen) atoms. The Kier molecular flexibility index (Phi) is 8.21. The molecule has 2 rings (SSSR count). The molecule has 0 saturated heterocycles. The quantitative estimate of drug-likeness (QED) is 0.767. The van der Waals surface area contributed by atoms with Crippen LogP contribution in [0, 0.1) is 0 Å². The van der Waals surface area contributed by atoms with Gasteiger partial charge in [-0.3, -0.25) is 0 Å². The normalized spacial score (nSPS) is 12.0. The third kappa shape index (κ3) is 5.14. The average Bonchev–Trinajstić information content (AvgIpc) is 2.50. The van der Waals surface area contributed by atoms with Crippen LogP contribution in [0.25, 0.3) is 10.8 Å². The van der Waals surface area contributed by atoms with Gasteiger partial charge < -0.3 is 19.9 Å². The third-order valence-electron chi connectivity index (χ3n) is 3.25. The Hall–Kier alpha value is -0.780. The molecule has 4 nitrogen and oxygen atoms in total. The number of hydrogen-bond acceptors (Lipinski definition) is 4. The van der Waals surface area contributed by atoms with Crippen molar-refractivity contribution in [3.8, 4) is 11.5 Å². The van der Waals surface area contributed by atoms with E-state index in [9.17, 15) is 5.11 Å². The third-order valence-corrected chi connectivity index (χ3v) is 3.25. The van der Waals surface area contributed by atoms with Crippen molar-refractivity contribution in [3.63, 3.8) is 0 Å². The van der Waals surface area contributed by atoms with Crippen LogP contribution < -0.4 is 14.8 Å². The molecule has 0 fully saturated rings. The van der Waals surface area contributed by atoms with Crippen molar-refractivity contribution in [2.45, 2.75) is 26.0 Å². The van der Waals surface area contributed by atoms with Gasteiger partial charge in [-0.15, -0.1) is 0 Å². The van der Waals surface area contributed by atoms with Crippen LogP contribution in [-0.4, -0.2) is 67.1 Å². The number of aliphatic hydroxyl groups excluding tert-OH is 1. The van der Waals surface area contributed by atoms with Gasteiger partial charge in [-0.2, -0.15) is 0 Å². The molecule has 0 saturated carbocycles. The van der Waals surface area contributed by atoms with Crippen LogP contribution >= 0.6 is 0 Å². The fraction of sp³-hybridized carbons (Fsp3) is 0.412. The molecule has 2 aromatic carbocycles. The van der Waals surface area contributed by atoms with Crippen molar-refractivity contribution in [2.24, 2.45) is 0 Å². The molecule has 2 aromatic rings. The SMILES string of the molecule is COc1cccc2c(OCC(O)CNC(C)C)cccc12.[NaH]. The van der Waals surface area contributed by atoms with Gasteiger partial charge in [-0.25, -0.2) is 0 Å². The maximum absolute atomic E-state index is 9.92. The van der Waals surface area contributed by atoms with E-state index in [1.54, 1.807) is 7.11 Å². The number of nitrogens with one attached hydrogen (secondary N) is 1. The molecule has 0 aromatic heterocycles. The molecule has 5 heteroatoms. The summed E-state index contributed by atoms with van der Waals surface area (Å²) in [5.41, 5.74) is 0. The van der Waals surface area contributed by atoms with Crippen LogP contribution in [0.2, 0.25) is 0 Å². The van der Waals surface area contributed by atoms with E-state index >= 15 is 0 Å². The zero-order chi connectivity index (χ0) is 15.2. The van der Waals surface area contributed by atoms with E-state index < -0.39 is 6.10 Å². The summed E-state index contributed by atoms with van der Waals surface area (Å²) < 4.78 is 11.1. The molecule has 0 bridgehead atoms. The first kappa shape index (κ1) is 19.3. The van der Waals surface area contributed by atoms with Crippen LogP contribution in [0.3, 0.4) is 0 Å². The Bertz CT molecular complexity index is 589. The van der Waals surface area contributed by atoms with Gasteiger partial charge in [0.15, 0.2) is 0 Å². The maximum atomic E-state index is 9.92. The summed E-state index contributed by atoms with van der Waals surface area (Å²) in [4.78, 5) is 0. The molecular weight excluding hydrogens is 289 g/mol. The van der Waals surface area contributed by atoms with E-state index in [4.69, 9.17) is 9.47 Å². The Labute approximate surface area is 154 Å². The number of aliphatic hydroxyl groups is 1. The van der Waals surface area contributed by atoms with Gasteiger partial charge >= 0.3 is 29.6 Å². The van der Waals surface area contributed by atoms with E-state index in [0.717, 1.165) is 22.3 Å². The van der Waals surface area contributed by atoms with Gasteiger partial charge in [0.05, 0.1) is 7.11 Å². The van der Waals surface area contributed by atoms with Crippen LogP contribution in [0.15, 0.2) is 36.4 Å². The van der Waals surface area contributed by atoms with Gasteiger partial charge in [0.2, 0.25) is 0 Å². The zero-order valence-electron chi connectivity index (χ0n) is 12.8. The molecule has 1 unspecified atom stereocenters. The summed E-state index contributed by atoms with van der Waals surface area (Å²) in [5, 5.41) is 15.1. The molecule has 0 aliphatic rings. The first-order valence-electron chi connectivity index (χ1n) is 7.21. The van der Waals surface area contributed by atoms with E-state index in [2.05, 4.69) is 5.32 Å². The van der Waals surface area contributed by atoms with E-state index in [1.807, 2.05) is 50.2 Å².